The average Bonchev–Trinajstić information content (AvgIpc) is 2.55. The van der Waals surface area contributed by atoms with E-state index in [1.807, 2.05) is 26.0 Å². The summed E-state index contributed by atoms with van der Waals surface area (Å²) in [5, 5.41) is 16.6. The molecule has 0 fully saturated rings. The number of alkyl halides is 3. The number of benzene rings is 2. The second kappa shape index (κ2) is 8.12. The molecule has 1 atom stereocenters. The van der Waals surface area contributed by atoms with Crippen LogP contribution in [-0.2, 0) is 0 Å². The smallest absolute Gasteiger partial charge is 0.282 e. The molecule has 0 unspecified atom stereocenters. The van der Waals surface area contributed by atoms with Crippen LogP contribution in [0.5, 0.6) is 0 Å². The zero-order valence-electron chi connectivity index (χ0n) is 13.9. The Hall–Kier alpha value is -2.02. The lowest BCUT2D eigenvalue weighted by Crippen LogP contribution is -2.49. The van der Waals surface area contributed by atoms with Crippen molar-refractivity contribution in [3.05, 3.63) is 69.3 Å². The molecule has 0 spiro atoms. The average molecular weight is 417 g/mol. The molecule has 6 nitrogen and oxygen atoms in total. The fraction of sp³-hybridized carbons (Fsp3) is 0.235. The summed E-state index contributed by atoms with van der Waals surface area (Å²) in [4.78, 5) is 23.0. The lowest BCUT2D eigenvalue weighted by atomic mass is 10.1. The highest BCUT2D eigenvalue weighted by molar-refractivity contribution is 6.68. The van der Waals surface area contributed by atoms with Gasteiger partial charge in [0.1, 0.15) is 11.7 Å². The highest BCUT2D eigenvalue weighted by Crippen LogP contribution is 2.32. The van der Waals surface area contributed by atoms with E-state index in [0.29, 0.717) is 5.69 Å². The molecule has 0 aliphatic rings. The molecule has 0 bridgehead atoms. The van der Waals surface area contributed by atoms with E-state index in [9.17, 15) is 14.9 Å². The molecule has 2 aromatic carbocycles. The second-order valence-electron chi connectivity index (χ2n) is 5.69. The molecule has 0 radical (unpaired) electrons. The molecule has 9 heteroatoms. The maximum absolute atomic E-state index is 12.5. The van der Waals surface area contributed by atoms with Gasteiger partial charge in [0.15, 0.2) is 0 Å². The highest BCUT2D eigenvalue weighted by Gasteiger charge is 2.35. The molecule has 138 valence electrons. The van der Waals surface area contributed by atoms with Gasteiger partial charge >= 0.3 is 0 Å². The number of nitrogens with zero attached hydrogens (tertiary/aromatic N) is 1. The normalized spacial score (nSPS) is 12.3. The fourth-order valence-electron chi connectivity index (χ4n) is 2.36. The van der Waals surface area contributed by atoms with Gasteiger partial charge in [0.2, 0.25) is 3.79 Å². The van der Waals surface area contributed by atoms with Crippen LogP contribution in [0.3, 0.4) is 0 Å². The zero-order chi connectivity index (χ0) is 19.5. The quantitative estimate of drug-likeness (QED) is 0.319. The minimum atomic E-state index is -1.89. The summed E-state index contributed by atoms with van der Waals surface area (Å²) in [6.45, 7) is 3.81. The third-order valence-electron chi connectivity index (χ3n) is 3.63. The predicted octanol–water partition coefficient (Wildman–Crippen LogP) is 4.75. The third-order valence-corrected chi connectivity index (χ3v) is 4.28. The Balaban J connectivity index is 2.29. The predicted molar refractivity (Wildman–Crippen MR) is 104 cm³/mol. The van der Waals surface area contributed by atoms with Gasteiger partial charge in [0, 0.05) is 11.8 Å². The summed E-state index contributed by atoms with van der Waals surface area (Å²) in [6.07, 6.45) is -1.11. The van der Waals surface area contributed by atoms with Gasteiger partial charge in [-0.1, -0.05) is 64.6 Å². The van der Waals surface area contributed by atoms with Crippen molar-refractivity contribution in [2.75, 3.05) is 5.32 Å². The highest BCUT2D eigenvalue weighted by atomic mass is 35.6. The molecule has 0 aliphatic heterocycles. The van der Waals surface area contributed by atoms with Crippen molar-refractivity contribution in [3.8, 4) is 0 Å². The molecule has 1 amide bonds. The van der Waals surface area contributed by atoms with E-state index in [2.05, 4.69) is 10.6 Å². The number of nitro groups is 1. The number of aryl methyl sites for hydroxylation is 2. The number of nitrogens with one attached hydrogen (secondary N) is 2. The van der Waals surface area contributed by atoms with E-state index in [0.717, 1.165) is 11.1 Å². The lowest BCUT2D eigenvalue weighted by Gasteiger charge is -2.28. The number of carbonyl (C=O) groups is 1. The minimum absolute atomic E-state index is 0.126. The Labute approximate surface area is 165 Å². The van der Waals surface area contributed by atoms with Gasteiger partial charge in [0.05, 0.1) is 4.92 Å². The molecule has 26 heavy (non-hydrogen) atoms. The van der Waals surface area contributed by atoms with Crippen molar-refractivity contribution in [2.24, 2.45) is 0 Å². The standard InChI is InChI=1S/C17H16Cl3N3O3/c1-10-7-8-13(11(2)9-10)21-16(17(18,19)20)22-15(24)12-5-3-4-6-14(12)23(25)26/h3-9,16,21H,1-2H3,(H,22,24)/t16-/m0/s1. The second-order valence-corrected chi connectivity index (χ2v) is 8.05. The van der Waals surface area contributed by atoms with Crippen molar-refractivity contribution >= 4 is 52.1 Å². The van der Waals surface area contributed by atoms with Gasteiger partial charge in [-0.3, -0.25) is 14.9 Å². The molecule has 0 heterocycles. The number of nitro benzene ring substituents is 1. The van der Waals surface area contributed by atoms with Crippen LogP contribution in [-0.4, -0.2) is 20.8 Å². The summed E-state index contributed by atoms with van der Waals surface area (Å²) in [5.74, 6) is -0.731. The molecule has 2 N–H and O–H groups in total. The Morgan fingerprint density at radius 1 is 1.15 bits per heavy atom. The van der Waals surface area contributed by atoms with Crippen LogP contribution in [0, 0.1) is 24.0 Å². The van der Waals surface area contributed by atoms with Crippen molar-refractivity contribution in [3.63, 3.8) is 0 Å². The van der Waals surface area contributed by atoms with Crippen molar-refractivity contribution in [1.29, 1.82) is 0 Å². The summed E-state index contributed by atoms with van der Waals surface area (Å²) in [5.41, 5.74) is 2.15. The van der Waals surface area contributed by atoms with Crippen molar-refractivity contribution in [2.45, 2.75) is 23.8 Å². The number of carbonyl (C=O) groups excluding carboxylic acids is 1. The van der Waals surface area contributed by atoms with E-state index in [1.165, 1.54) is 24.3 Å². The van der Waals surface area contributed by atoms with Crippen molar-refractivity contribution < 1.29 is 9.72 Å². The number of amides is 1. The largest absolute Gasteiger partial charge is 0.362 e. The summed E-state index contributed by atoms with van der Waals surface area (Å²) >= 11 is 18.0. The van der Waals surface area contributed by atoms with E-state index < -0.39 is 20.8 Å². The first-order chi connectivity index (χ1) is 12.1. The van der Waals surface area contributed by atoms with Crippen LogP contribution in [0.2, 0.25) is 0 Å². The van der Waals surface area contributed by atoms with Gasteiger partial charge in [0.25, 0.3) is 11.6 Å². The van der Waals surface area contributed by atoms with Gasteiger partial charge in [-0.05, 0) is 31.5 Å². The van der Waals surface area contributed by atoms with Crippen LogP contribution in [0.4, 0.5) is 11.4 Å². The molecule has 0 saturated heterocycles. The van der Waals surface area contributed by atoms with Gasteiger partial charge in [-0.2, -0.15) is 0 Å². The van der Waals surface area contributed by atoms with Gasteiger partial charge in [-0.25, -0.2) is 0 Å². The van der Waals surface area contributed by atoms with Crippen molar-refractivity contribution in [1.82, 2.24) is 5.32 Å². The minimum Gasteiger partial charge on any atom is -0.362 e. The number of hydrogen-bond donors (Lipinski definition) is 2. The number of anilines is 1. The molecular weight excluding hydrogens is 401 g/mol. The van der Waals surface area contributed by atoms with E-state index in [1.54, 1.807) is 6.07 Å². The summed E-state index contributed by atoms with van der Waals surface area (Å²) in [7, 11) is 0. The number of rotatable bonds is 5. The Morgan fingerprint density at radius 2 is 1.81 bits per heavy atom. The number of halogens is 3. The number of hydrogen-bond acceptors (Lipinski definition) is 4. The molecule has 2 rings (SSSR count). The Bertz CT molecular complexity index is 837. The van der Waals surface area contributed by atoms with Gasteiger partial charge in [-0.15, -0.1) is 0 Å². The summed E-state index contributed by atoms with van der Waals surface area (Å²) < 4.78 is -1.89. The first-order valence-electron chi connectivity index (χ1n) is 7.54. The molecule has 0 aromatic heterocycles. The Kier molecular flexibility index (Phi) is 6.34. The topological polar surface area (TPSA) is 84.3 Å². The molecule has 0 saturated carbocycles. The SMILES string of the molecule is Cc1ccc(N[C@@H](NC(=O)c2ccccc2[N+](=O)[O-])C(Cl)(Cl)Cl)c(C)c1. The Morgan fingerprint density at radius 3 is 2.38 bits per heavy atom. The van der Waals surface area contributed by atoms with E-state index in [4.69, 9.17) is 34.8 Å². The third kappa shape index (κ3) is 5.00. The van der Waals surface area contributed by atoms with Crippen LogP contribution in [0.1, 0.15) is 21.5 Å². The fourth-order valence-corrected chi connectivity index (χ4v) is 2.69. The van der Waals surface area contributed by atoms with Crippen LogP contribution < -0.4 is 10.6 Å². The van der Waals surface area contributed by atoms with E-state index >= 15 is 0 Å². The molecule has 0 aliphatic carbocycles. The monoisotopic (exact) mass is 415 g/mol. The lowest BCUT2D eigenvalue weighted by molar-refractivity contribution is -0.385. The zero-order valence-corrected chi connectivity index (χ0v) is 16.2. The maximum atomic E-state index is 12.5. The number of para-hydroxylation sites is 1. The summed E-state index contributed by atoms with van der Waals surface area (Å²) in [6, 6.07) is 11.2. The molecular formula is C17H16Cl3N3O3. The first-order valence-corrected chi connectivity index (χ1v) is 8.68. The van der Waals surface area contributed by atoms with E-state index in [-0.39, 0.29) is 11.3 Å². The van der Waals surface area contributed by atoms with Crippen LogP contribution in [0.15, 0.2) is 42.5 Å². The first kappa shape index (κ1) is 20.3. The van der Waals surface area contributed by atoms with Gasteiger partial charge < -0.3 is 10.6 Å². The molecule has 2 aromatic rings. The maximum Gasteiger partial charge on any atom is 0.282 e. The van der Waals surface area contributed by atoms with Crippen LogP contribution >= 0.6 is 34.8 Å². The van der Waals surface area contributed by atoms with Crippen LogP contribution in [0.25, 0.3) is 0 Å².